The number of nitrogens with one attached hydrogen (secondary N) is 1. The van der Waals surface area contributed by atoms with Gasteiger partial charge in [0.05, 0.1) is 6.54 Å². The van der Waals surface area contributed by atoms with Gasteiger partial charge in [0.1, 0.15) is 18.3 Å². The topological polar surface area (TPSA) is 49.4 Å². The number of carbonyl (C=O) groups is 2. The zero-order valence-electron chi connectivity index (χ0n) is 13.2. The third-order valence-electron chi connectivity index (χ3n) is 5.36. The minimum absolute atomic E-state index is 0.0250. The van der Waals surface area contributed by atoms with Gasteiger partial charge < -0.3 is 10.2 Å². The number of piperazine rings is 1. The fraction of sp³-hybridized carbons (Fsp3) is 0.875. The highest BCUT2D eigenvalue weighted by Crippen LogP contribution is 2.34. The van der Waals surface area contributed by atoms with E-state index in [1.54, 1.807) is 0 Å². The lowest BCUT2D eigenvalue weighted by Gasteiger charge is -2.49. The van der Waals surface area contributed by atoms with Crippen molar-refractivity contribution in [3.63, 3.8) is 0 Å². The molecule has 0 radical (unpaired) electrons. The molecule has 2 aliphatic rings. The summed E-state index contributed by atoms with van der Waals surface area (Å²) in [6.07, 6.45) is 6.43. The van der Waals surface area contributed by atoms with Crippen molar-refractivity contribution in [2.24, 2.45) is 5.92 Å². The molecule has 0 bridgehead atoms. The molecule has 1 aliphatic heterocycles. The summed E-state index contributed by atoms with van der Waals surface area (Å²) >= 11 is 0. The molecule has 120 valence electrons. The molecule has 0 aromatic carbocycles. The highest BCUT2D eigenvalue weighted by molar-refractivity contribution is 6.00. The van der Waals surface area contributed by atoms with E-state index in [1.165, 1.54) is 11.3 Å². The van der Waals surface area contributed by atoms with Crippen molar-refractivity contribution in [2.75, 3.05) is 13.2 Å². The Morgan fingerprint density at radius 3 is 2.33 bits per heavy atom. The Kier molecular flexibility index (Phi) is 5.22. The summed E-state index contributed by atoms with van der Waals surface area (Å²) in [5.74, 6) is 0.0306. The van der Waals surface area contributed by atoms with Gasteiger partial charge in [0.25, 0.3) is 0 Å². The Balaban J connectivity index is 2.26. The summed E-state index contributed by atoms with van der Waals surface area (Å²) < 4.78 is 12.9. The highest BCUT2D eigenvalue weighted by atomic mass is 19.1. The van der Waals surface area contributed by atoms with E-state index in [-0.39, 0.29) is 24.3 Å². The van der Waals surface area contributed by atoms with Crippen molar-refractivity contribution < 1.29 is 14.0 Å². The molecule has 2 fully saturated rings. The van der Waals surface area contributed by atoms with Crippen LogP contribution in [-0.4, -0.2) is 41.5 Å². The third kappa shape index (κ3) is 2.79. The summed E-state index contributed by atoms with van der Waals surface area (Å²) in [5.41, 5.74) is -0.867. The van der Waals surface area contributed by atoms with Crippen LogP contribution in [0.2, 0.25) is 0 Å². The summed E-state index contributed by atoms with van der Waals surface area (Å²) in [6, 6.07) is -0.449. The quantitative estimate of drug-likeness (QED) is 0.847. The molecule has 1 unspecified atom stereocenters. The van der Waals surface area contributed by atoms with Crippen LogP contribution in [0.3, 0.4) is 0 Å². The lowest BCUT2D eigenvalue weighted by molar-refractivity contribution is -0.160. The monoisotopic (exact) mass is 298 g/mol. The standard InChI is InChI=1S/C16H27FN2O2/c1-3-16(4-2)15(21)18-13(12-8-6-5-7-9-12)14(20)19(16)11-10-17/h12-13H,3-11H2,1-2H3,(H,18,21). The average molecular weight is 298 g/mol. The molecule has 1 N–H and O–H groups in total. The van der Waals surface area contributed by atoms with E-state index in [4.69, 9.17) is 0 Å². The summed E-state index contributed by atoms with van der Waals surface area (Å²) in [5, 5.41) is 2.96. The normalized spacial score (nSPS) is 26.8. The Hall–Kier alpha value is -1.13. The molecule has 1 saturated heterocycles. The second-order valence-electron chi connectivity index (χ2n) is 6.27. The molecule has 0 aromatic rings. The van der Waals surface area contributed by atoms with Gasteiger partial charge in [-0.3, -0.25) is 9.59 Å². The molecule has 2 rings (SSSR count). The van der Waals surface area contributed by atoms with Crippen LogP contribution in [0.25, 0.3) is 0 Å². The fourth-order valence-corrected chi connectivity index (χ4v) is 3.99. The van der Waals surface area contributed by atoms with Crippen molar-refractivity contribution >= 4 is 11.8 Å². The predicted molar refractivity (Wildman–Crippen MR) is 79.5 cm³/mol. The van der Waals surface area contributed by atoms with E-state index in [2.05, 4.69) is 5.32 Å². The van der Waals surface area contributed by atoms with Crippen LogP contribution in [0.1, 0.15) is 58.8 Å². The van der Waals surface area contributed by atoms with Gasteiger partial charge >= 0.3 is 0 Å². The lowest BCUT2D eigenvalue weighted by Crippen LogP contribution is -2.71. The van der Waals surface area contributed by atoms with Crippen LogP contribution in [0, 0.1) is 5.92 Å². The fourth-order valence-electron chi connectivity index (χ4n) is 3.99. The first-order valence-electron chi connectivity index (χ1n) is 8.29. The maximum atomic E-state index is 12.9. The van der Waals surface area contributed by atoms with Crippen LogP contribution in [0.15, 0.2) is 0 Å². The first kappa shape index (κ1) is 16.2. The lowest BCUT2D eigenvalue weighted by atomic mass is 9.79. The van der Waals surface area contributed by atoms with Crippen LogP contribution in [-0.2, 0) is 9.59 Å². The number of hydrogen-bond donors (Lipinski definition) is 1. The number of nitrogens with zero attached hydrogens (tertiary/aromatic N) is 1. The number of alkyl halides is 1. The van der Waals surface area contributed by atoms with Crippen molar-refractivity contribution in [3.8, 4) is 0 Å². The van der Waals surface area contributed by atoms with Gasteiger partial charge in [-0.2, -0.15) is 0 Å². The molecular weight excluding hydrogens is 271 g/mol. The van der Waals surface area contributed by atoms with Crippen molar-refractivity contribution in [2.45, 2.75) is 70.4 Å². The van der Waals surface area contributed by atoms with E-state index in [0.29, 0.717) is 12.8 Å². The second kappa shape index (κ2) is 6.75. The number of hydrogen-bond acceptors (Lipinski definition) is 2. The molecule has 1 atom stereocenters. The highest BCUT2D eigenvalue weighted by Gasteiger charge is 2.51. The van der Waals surface area contributed by atoms with E-state index in [0.717, 1.165) is 25.7 Å². The zero-order chi connectivity index (χ0) is 15.5. The number of rotatable bonds is 5. The Morgan fingerprint density at radius 1 is 1.19 bits per heavy atom. The Morgan fingerprint density at radius 2 is 1.81 bits per heavy atom. The number of halogens is 1. The van der Waals surface area contributed by atoms with E-state index in [1.807, 2.05) is 13.8 Å². The smallest absolute Gasteiger partial charge is 0.246 e. The van der Waals surface area contributed by atoms with Crippen molar-refractivity contribution in [1.82, 2.24) is 10.2 Å². The van der Waals surface area contributed by atoms with Crippen LogP contribution in [0.4, 0.5) is 4.39 Å². The molecule has 4 nitrogen and oxygen atoms in total. The summed E-state index contributed by atoms with van der Waals surface area (Å²) in [6.45, 7) is 3.21. The predicted octanol–water partition coefficient (Wildman–Crippen LogP) is 2.42. The molecule has 0 aromatic heterocycles. The second-order valence-corrected chi connectivity index (χ2v) is 6.27. The van der Waals surface area contributed by atoms with E-state index >= 15 is 0 Å². The number of amides is 2. The van der Waals surface area contributed by atoms with Gasteiger partial charge in [0.15, 0.2) is 0 Å². The maximum absolute atomic E-state index is 12.9. The molecule has 1 aliphatic carbocycles. The molecule has 1 heterocycles. The SMILES string of the molecule is CCC1(CC)C(=O)NC(C2CCCCC2)C(=O)N1CCF. The van der Waals surface area contributed by atoms with Gasteiger partial charge in [-0.25, -0.2) is 4.39 Å². The minimum Gasteiger partial charge on any atom is -0.342 e. The maximum Gasteiger partial charge on any atom is 0.246 e. The molecule has 0 spiro atoms. The van der Waals surface area contributed by atoms with E-state index in [9.17, 15) is 14.0 Å². The first-order valence-corrected chi connectivity index (χ1v) is 8.29. The average Bonchev–Trinajstić information content (AvgIpc) is 2.52. The molecular formula is C16H27FN2O2. The van der Waals surface area contributed by atoms with Gasteiger partial charge in [-0.05, 0) is 31.6 Å². The Labute approximate surface area is 126 Å². The summed E-state index contributed by atoms with van der Waals surface area (Å²) in [4.78, 5) is 27.0. The van der Waals surface area contributed by atoms with E-state index < -0.39 is 18.3 Å². The van der Waals surface area contributed by atoms with Crippen LogP contribution in [0.5, 0.6) is 0 Å². The molecule has 1 saturated carbocycles. The third-order valence-corrected chi connectivity index (χ3v) is 5.36. The van der Waals surface area contributed by atoms with Crippen molar-refractivity contribution in [1.29, 1.82) is 0 Å². The summed E-state index contributed by atoms with van der Waals surface area (Å²) in [7, 11) is 0. The van der Waals surface area contributed by atoms with Gasteiger partial charge in [-0.1, -0.05) is 33.1 Å². The Bertz CT molecular complexity index is 390. The molecule has 5 heteroatoms. The van der Waals surface area contributed by atoms with Gasteiger partial charge in [0, 0.05) is 0 Å². The first-order chi connectivity index (χ1) is 10.1. The largest absolute Gasteiger partial charge is 0.342 e. The number of carbonyl (C=O) groups excluding carboxylic acids is 2. The van der Waals surface area contributed by atoms with Gasteiger partial charge in [0.2, 0.25) is 11.8 Å². The van der Waals surface area contributed by atoms with Crippen LogP contribution >= 0.6 is 0 Å². The molecule has 21 heavy (non-hydrogen) atoms. The van der Waals surface area contributed by atoms with Crippen molar-refractivity contribution in [3.05, 3.63) is 0 Å². The van der Waals surface area contributed by atoms with Gasteiger partial charge in [-0.15, -0.1) is 0 Å². The minimum atomic E-state index is -0.867. The molecule has 2 amide bonds. The zero-order valence-corrected chi connectivity index (χ0v) is 13.2. The van der Waals surface area contributed by atoms with Crippen LogP contribution < -0.4 is 5.32 Å².